The fourth-order valence-corrected chi connectivity index (χ4v) is 4.93. The van der Waals surface area contributed by atoms with E-state index < -0.39 is 5.54 Å². The number of nitrogens with zero attached hydrogens (tertiary/aromatic N) is 3. The van der Waals surface area contributed by atoms with Gasteiger partial charge in [-0.2, -0.15) is 0 Å². The minimum Gasteiger partial charge on any atom is -0.394 e. The molecule has 2 aromatic carbocycles. The summed E-state index contributed by atoms with van der Waals surface area (Å²) in [6.45, 7) is 2.23. The molecule has 0 saturated carbocycles. The first-order valence-electron chi connectivity index (χ1n) is 12.4. The highest BCUT2D eigenvalue weighted by Crippen LogP contribution is 2.25. The van der Waals surface area contributed by atoms with Crippen LogP contribution in [0.1, 0.15) is 22.5 Å². The molecule has 0 amide bonds. The molecule has 0 aliphatic heterocycles. The molecule has 1 N–H and O–H groups in total. The van der Waals surface area contributed by atoms with Crippen LogP contribution in [0.25, 0.3) is 0 Å². The van der Waals surface area contributed by atoms with E-state index in [1.165, 1.54) is 0 Å². The largest absolute Gasteiger partial charge is 0.394 e. The number of hydrogen-bond donors (Lipinski definition) is 1. The molecule has 4 rings (SSSR count). The van der Waals surface area contributed by atoms with E-state index in [-0.39, 0.29) is 19.8 Å². The quantitative estimate of drug-likeness (QED) is 0.166. The normalized spacial score (nSPS) is 11.7. The fourth-order valence-electron chi connectivity index (χ4n) is 4.17. The van der Waals surface area contributed by atoms with Crippen LogP contribution in [0.2, 0.25) is 0 Å². The minimum absolute atomic E-state index is 0.148. The summed E-state index contributed by atoms with van der Waals surface area (Å²) in [7, 11) is 0. The molecule has 0 unspecified atom stereocenters. The van der Waals surface area contributed by atoms with E-state index >= 15 is 0 Å². The Bertz CT molecular complexity index is 1170. The third-order valence-electron chi connectivity index (χ3n) is 6.18. The molecular formula is C30H31Br2N3O3. The molecule has 0 aliphatic rings. The Hall–Kier alpha value is -2.46. The first-order chi connectivity index (χ1) is 18.6. The second-order valence-corrected chi connectivity index (χ2v) is 10.7. The molecule has 0 saturated heterocycles. The van der Waals surface area contributed by atoms with Crippen molar-refractivity contribution >= 4 is 31.9 Å². The summed E-state index contributed by atoms with van der Waals surface area (Å²) >= 11 is 6.84. The lowest BCUT2D eigenvalue weighted by Gasteiger charge is -2.42. The van der Waals surface area contributed by atoms with E-state index in [0.717, 1.165) is 31.7 Å². The standard InChI is InChI=1S/C30H31Br2N3O3/c31-28-15-7-13-26(33-28)19-37-22-30(21-36,23-38-20-27-14-8-16-29(32)34-27)35(17-24-9-3-1-4-10-24)18-25-11-5-2-6-12-25/h1-16,36H,17-23H2. The summed E-state index contributed by atoms with van der Waals surface area (Å²) in [5.41, 5.74) is 3.09. The summed E-state index contributed by atoms with van der Waals surface area (Å²) in [4.78, 5) is 11.2. The fraction of sp³-hybridized carbons (Fsp3) is 0.267. The van der Waals surface area contributed by atoms with Gasteiger partial charge in [0.1, 0.15) is 9.21 Å². The van der Waals surface area contributed by atoms with Crippen molar-refractivity contribution in [3.05, 3.63) is 129 Å². The topological polar surface area (TPSA) is 67.7 Å². The molecule has 0 fully saturated rings. The lowest BCUT2D eigenvalue weighted by atomic mass is 9.97. The number of halogens is 2. The Kier molecular flexibility index (Phi) is 11.0. The first-order valence-corrected chi connectivity index (χ1v) is 14.0. The second-order valence-electron chi connectivity index (χ2n) is 9.10. The zero-order valence-electron chi connectivity index (χ0n) is 21.0. The Morgan fingerprint density at radius 1 is 0.632 bits per heavy atom. The Morgan fingerprint density at radius 2 is 1.08 bits per heavy atom. The Morgan fingerprint density at radius 3 is 1.47 bits per heavy atom. The van der Waals surface area contributed by atoms with Crippen LogP contribution in [0.3, 0.4) is 0 Å². The molecule has 198 valence electrons. The van der Waals surface area contributed by atoms with E-state index in [9.17, 15) is 5.11 Å². The summed E-state index contributed by atoms with van der Waals surface area (Å²) in [5.74, 6) is 0. The van der Waals surface area contributed by atoms with Gasteiger partial charge < -0.3 is 14.6 Å². The molecular weight excluding hydrogens is 610 g/mol. The molecule has 0 bridgehead atoms. The molecule has 0 aliphatic carbocycles. The highest BCUT2D eigenvalue weighted by atomic mass is 79.9. The molecule has 4 aromatic rings. The van der Waals surface area contributed by atoms with E-state index in [0.29, 0.717) is 26.3 Å². The molecule has 38 heavy (non-hydrogen) atoms. The number of aliphatic hydroxyl groups excluding tert-OH is 1. The molecule has 6 nitrogen and oxygen atoms in total. The summed E-state index contributed by atoms with van der Waals surface area (Å²) in [6.07, 6.45) is 0. The van der Waals surface area contributed by atoms with Gasteiger partial charge in [0, 0.05) is 13.1 Å². The summed E-state index contributed by atoms with van der Waals surface area (Å²) in [5, 5.41) is 10.9. The van der Waals surface area contributed by atoms with Crippen molar-refractivity contribution in [2.45, 2.75) is 31.8 Å². The highest BCUT2D eigenvalue weighted by Gasteiger charge is 2.37. The first kappa shape index (κ1) is 28.5. The van der Waals surface area contributed by atoms with E-state index in [1.54, 1.807) is 0 Å². The maximum atomic E-state index is 10.9. The maximum absolute atomic E-state index is 10.9. The highest BCUT2D eigenvalue weighted by molar-refractivity contribution is 9.10. The Balaban J connectivity index is 1.59. The molecule has 0 spiro atoms. The predicted octanol–water partition coefficient (Wildman–Crippen LogP) is 6.17. The molecule has 2 heterocycles. The average molecular weight is 641 g/mol. The van der Waals surface area contributed by atoms with Crippen LogP contribution in [-0.2, 0) is 35.8 Å². The van der Waals surface area contributed by atoms with Crippen LogP contribution in [0, 0.1) is 0 Å². The van der Waals surface area contributed by atoms with Gasteiger partial charge in [-0.15, -0.1) is 0 Å². The number of hydrogen-bond acceptors (Lipinski definition) is 6. The van der Waals surface area contributed by atoms with E-state index in [2.05, 4.69) is 71.0 Å². The van der Waals surface area contributed by atoms with Gasteiger partial charge in [0.05, 0.1) is 50.0 Å². The van der Waals surface area contributed by atoms with Crippen molar-refractivity contribution in [2.24, 2.45) is 0 Å². The number of aliphatic hydroxyl groups is 1. The van der Waals surface area contributed by atoms with Crippen LogP contribution in [0.4, 0.5) is 0 Å². The smallest absolute Gasteiger partial charge is 0.106 e. The van der Waals surface area contributed by atoms with Crippen molar-refractivity contribution in [3.8, 4) is 0 Å². The number of rotatable bonds is 14. The predicted molar refractivity (Wildman–Crippen MR) is 155 cm³/mol. The van der Waals surface area contributed by atoms with Crippen LogP contribution in [0.5, 0.6) is 0 Å². The van der Waals surface area contributed by atoms with Gasteiger partial charge in [-0.25, -0.2) is 9.97 Å². The third-order valence-corrected chi connectivity index (χ3v) is 7.07. The lowest BCUT2D eigenvalue weighted by molar-refractivity contribution is -0.0995. The third kappa shape index (κ3) is 8.53. The Labute approximate surface area is 240 Å². The maximum Gasteiger partial charge on any atom is 0.106 e. The zero-order chi connectivity index (χ0) is 26.6. The van der Waals surface area contributed by atoms with Gasteiger partial charge in [0.25, 0.3) is 0 Å². The monoisotopic (exact) mass is 639 g/mol. The van der Waals surface area contributed by atoms with Gasteiger partial charge in [-0.3, -0.25) is 4.90 Å². The van der Waals surface area contributed by atoms with Crippen molar-refractivity contribution in [2.75, 3.05) is 19.8 Å². The van der Waals surface area contributed by atoms with Crippen LogP contribution in [-0.4, -0.2) is 45.3 Å². The zero-order valence-corrected chi connectivity index (χ0v) is 24.2. The number of pyridine rings is 2. The van der Waals surface area contributed by atoms with Crippen LogP contribution in [0.15, 0.2) is 106 Å². The number of benzene rings is 2. The van der Waals surface area contributed by atoms with Crippen molar-refractivity contribution in [3.63, 3.8) is 0 Å². The molecule has 8 heteroatoms. The van der Waals surface area contributed by atoms with Crippen molar-refractivity contribution in [1.29, 1.82) is 0 Å². The number of ether oxygens (including phenoxy) is 2. The SMILES string of the molecule is OCC(COCc1cccc(Br)n1)(COCc1cccc(Br)n1)N(Cc1ccccc1)Cc1ccccc1. The number of aromatic nitrogens is 2. The molecule has 2 aromatic heterocycles. The molecule has 0 atom stereocenters. The van der Waals surface area contributed by atoms with Crippen LogP contribution >= 0.6 is 31.9 Å². The van der Waals surface area contributed by atoms with Gasteiger partial charge in [-0.05, 0) is 67.3 Å². The average Bonchev–Trinajstić information content (AvgIpc) is 2.93. The van der Waals surface area contributed by atoms with Gasteiger partial charge in [0.15, 0.2) is 0 Å². The second kappa shape index (κ2) is 14.6. The van der Waals surface area contributed by atoms with E-state index in [1.807, 2.05) is 72.8 Å². The summed E-state index contributed by atoms with van der Waals surface area (Å²) in [6, 6.07) is 32.0. The van der Waals surface area contributed by atoms with E-state index in [4.69, 9.17) is 9.47 Å². The minimum atomic E-state index is -0.816. The van der Waals surface area contributed by atoms with Gasteiger partial charge >= 0.3 is 0 Å². The van der Waals surface area contributed by atoms with Gasteiger partial charge in [-0.1, -0.05) is 72.8 Å². The van der Waals surface area contributed by atoms with Crippen molar-refractivity contribution in [1.82, 2.24) is 14.9 Å². The summed E-state index contributed by atoms with van der Waals surface area (Å²) < 4.78 is 14.0. The van der Waals surface area contributed by atoms with Crippen molar-refractivity contribution < 1.29 is 14.6 Å². The lowest BCUT2D eigenvalue weighted by Crippen LogP contribution is -2.57. The molecule has 0 radical (unpaired) electrons. The van der Waals surface area contributed by atoms with Crippen LogP contribution < -0.4 is 0 Å². The van der Waals surface area contributed by atoms with Gasteiger partial charge in [0.2, 0.25) is 0 Å².